The molecule has 3 fully saturated rings. The Morgan fingerprint density at radius 3 is 2.73 bits per heavy atom. The zero-order chi connectivity index (χ0) is 14.7. The van der Waals surface area contributed by atoms with E-state index in [4.69, 9.17) is 15.1 Å². The third-order valence-corrected chi connectivity index (χ3v) is 5.40. The Morgan fingerprint density at radius 2 is 2.00 bits per heavy atom. The number of hydrogen-bond acceptors (Lipinski definition) is 6. The van der Waals surface area contributed by atoms with Crippen molar-refractivity contribution in [3.63, 3.8) is 0 Å². The maximum absolute atomic E-state index is 6.23. The first-order chi connectivity index (χ1) is 10.7. The molecule has 4 aliphatic heterocycles. The summed E-state index contributed by atoms with van der Waals surface area (Å²) in [6, 6.07) is 8.36. The van der Waals surface area contributed by atoms with Crippen molar-refractivity contribution in [2.24, 2.45) is 16.6 Å². The van der Waals surface area contributed by atoms with Crippen LogP contribution in [0, 0.1) is 5.92 Å². The Labute approximate surface area is 128 Å². The van der Waals surface area contributed by atoms with Crippen LogP contribution in [0.4, 0.5) is 6.01 Å². The largest absolute Gasteiger partial charge is 0.423 e. The van der Waals surface area contributed by atoms with Crippen molar-refractivity contribution >= 4 is 23.1 Å². The quantitative estimate of drug-likeness (QED) is 0.862. The molecule has 1 aromatic carbocycles. The maximum atomic E-state index is 6.23. The summed E-state index contributed by atoms with van der Waals surface area (Å²) in [5.41, 5.74) is 7.81. The minimum atomic E-state index is -0.0682. The topological polar surface area (TPSA) is 70.9 Å². The summed E-state index contributed by atoms with van der Waals surface area (Å²) in [5, 5.41) is 0. The zero-order valence-electron chi connectivity index (χ0n) is 12.4. The molecule has 1 spiro atoms. The van der Waals surface area contributed by atoms with Gasteiger partial charge in [-0.25, -0.2) is 4.99 Å². The van der Waals surface area contributed by atoms with E-state index in [1.807, 2.05) is 29.2 Å². The standard InChI is InChI=1S/C16H19N5O/c17-14-19-16(9-20-7-5-11(16)6-8-20)10-21(14)15-18-12-3-1-2-4-13(12)22-15/h1-4,11H,5-10H2,(H2,17,19). The summed E-state index contributed by atoms with van der Waals surface area (Å²) in [4.78, 5) is 13.9. The highest BCUT2D eigenvalue weighted by Crippen LogP contribution is 2.42. The van der Waals surface area contributed by atoms with Gasteiger partial charge in [0.1, 0.15) is 5.52 Å². The number of benzene rings is 1. The van der Waals surface area contributed by atoms with Crippen LogP contribution in [0.25, 0.3) is 11.1 Å². The molecule has 2 N–H and O–H groups in total. The van der Waals surface area contributed by atoms with Crippen LogP contribution in [0.2, 0.25) is 0 Å². The van der Waals surface area contributed by atoms with E-state index < -0.39 is 0 Å². The predicted molar refractivity (Wildman–Crippen MR) is 84.9 cm³/mol. The zero-order valence-corrected chi connectivity index (χ0v) is 12.4. The Hall–Kier alpha value is -2.08. The number of oxazole rings is 1. The van der Waals surface area contributed by atoms with E-state index in [0.717, 1.165) is 24.2 Å². The number of piperidine rings is 3. The SMILES string of the molecule is NC1=NC2(CN3CCC2CC3)CN1c1nc2ccccc2o1. The highest BCUT2D eigenvalue weighted by Gasteiger charge is 2.51. The van der Waals surface area contributed by atoms with Crippen molar-refractivity contribution in [1.29, 1.82) is 0 Å². The van der Waals surface area contributed by atoms with E-state index in [1.165, 1.54) is 25.9 Å². The number of anilines is 1. The van der Waals surface area contributed by atoms with E-state index >= 15 is 0 Å². The summed E-state index contributed by atoms with van der Waals surface area (Å²) in [6.45, 7) is 4.19. The van der Waals surface area contributed by atoms with Gasteiger partial charge in [0.25, 0.3) is 0 Å². The van der Waals surface area contributed by atoms with Gasteiger partial charge in [-0.05, 0) is 44.0 Å². The average Bonchev–Trinajstić information content (AvgIpc) is 3.09. The summed E-state index contributed by atoms with van der Waals surface area (Å²) in [7, 11) is 0. The lowest BCUT2D eigenvalue weighted by molar-refractivity contribution is 0.0388. The molecule has 114 valence electrons. The summed E-state index contributed by atoms with van der Waals surface area (Å²) in [6.07, 6.45) is 2.44. The second-order valence-corrected chi connectivity index (χ2v) is 6.67. The fourth-order valence-corrected chi connectivity index (χ4v) is 4.27. The number of nitrogens with two attached hydrogens (primary N) is 1. The Morgan fingerprint density at radius 1 is 1.18 bits per heavy atom. The van der Waals surface area contributed by atoms with E-state index in [1.54, 1.807) is 0 Å². The molecule has 3 saturated heterocycles. The lowest BCUT2D eigenvalue weighted by Crippen LogP contribution is -2.60. The number of hydrogen-bond donors (Lipinski definition) is 1. The van der Waals surface area contributed by atoms with Gasteiger partial charge in [-0.1, -0.05) is 12.1 Å². The molecule has 6 nitrogen and oxygen atoms in total. The van der Waals surface area contributed by atoms with Crippen LogP contribution in [0.1, 0.15) is 12.8 Å². The molecule has 0 aliphatic carbocycles. The lowest BCUT2D eigenvalue weighted by atomic mass is 9.73. The first-order valence-electron chi connectivity index (χ1n) is 7.94. The van der Waals surface area contributed by atoms with Crippen molar-refractivity contribution in [2.45, 2.75) is 18.4 Å². The smallest absolute Gasteiger partial charge is 0.305 e. The molecule has 1 atom stereocenters. The summed E-state index contributed by atoms with van der Waals surface area (Å²) >= 11 is 0. The molecular formula is C16H19N5O. The summed E-state index contributed by atoms with van der Waals surface area (Å²) in [5.74, 6) is 1.17. The van der Waals surface area contributed by atoms with E-state index in [2.05, 4.69) is 9.88 Å². The first kappa shape index (κ1) is 12.5. The second-order valence-electron chi connectivity index (χ2n) is 6.67. The molecule has 6 heteroatoms. The highest BCUT2D eigenvalue weighted by atomic mass is 16.4. The van der Waals surface area contributed by atoms with Crippen molar-refractivity contribution in [2.75, 3.05) is 31.1 Å². The van der Waals surface area contributed by atoms with Gasteiger partial charge in [-0.15, -0.1) is 0 Å². The Bertz CT molecular complexity index is 728. The van der Waals surface area contributed by atoms with Crippen molar-refractivity contribution in [3.05, 3.63) is 24.3 Å². The Kier molecular flexibility index (Phi) is 2.39. The molecule has 1 unspecified atom stereocenters. The van der Waals surface area contributed by atoms with Crippen LogP contribution in [0.15, 0.2) is 33.7 Å². The molecule has 0 radical (unpaired) electrons. The molecule has 2 aromatic rings. The minimum absolute atomic E-state index is 0.0682. The van der Waals surface area contributed by atoms with Gasteiger partial charge in [0.2, 0.25) is 0 Å². The van der Waals surface area contributed by atoms with Gasteiger partial charge in [-0.2, -0.15) is 4.98 Å². The van der Waals surface area contributed by atoms with Crippen LogP contribution < -0.4 is 10.6 Å². The van der Waals surface area contributed by atoms with Crippen LogP contribution in [-0.4, -0.2) is 47.6 Å². The molecule has 4 aliphatic rings. The van der Waals surface area contributed by atoms with Crippen LogP contribution in [0.5, 0.6) is 0 Å². The van der Waals surface area contributed by atoms with Gasteiger partial charge >= 0.3 is 6.01 Å². The summed E-state index contributed by atoms with van der Waals surface area (Å²) < 4.78 is 5.88. The number of guanidine groups is 1. The molecule has 0 saturated carbocycles. The monoisotopic (exact) mass is 297 g/mol. The molecule has 22 heavy (non-hydrogen) atoms. The highest BCUT2D eigenvalue weighted by molar-refractivity contribution is 5.96. The molecule has 6 rings (SSSR count). The van der Waals surface area contributed by atoms with Crippen molar-refractivity contribution in [1.82, 2.24) is 9.88 Å². The fraction of sp³-hybridized carbons (Fsp3) is 0.500. The van der Waals surface area contributed by atoms with Gasteiger partial charge in [0.05, 0.1) is 12.1 Å². The molecule has 0 amide bonds. The minimum Gasteiger partial charge on any atom is -0.423 e. The number of aromatic nitrogens is 1. The van der Waals surface area contributed by atoms with E-state index in [-0.39, 0.29) is 5.54 Å². The van der Waals surface area contributed by atoms with Crippen LogP contribution in [0.3, 0.4) is 0 Å². The number of para-hydroxylation sites is 2. The Balaban J connectivity index is 1.51. The maximum Gasteiger partial charge on any atom is 0.305 e. The van der Waals surface area contributed by atoms with Crippen molar-refractivity contribution < 1.29 is 4.42 Å². The van der Waals surface area contributed by atoms with Gasteiger partial charge in [-0.3, -0.25) is 4.90 Å². The molecule has 5 heterocycles. The number of nitrogens with zero attached hydrogens (tertiary/aromatic N) is 4. The predicted octanol–water partition coefficient (Wildman–Crippen LogP) is 1.43. The third-order valence-electron chi connectivity index (χ3n) is 5.40. The second kappa shape index (κ2) is 4.23. The molecule has 2 bridgehead atoms. The average molecular weight is 297 g/mol. The van der Waals surface area contributed by atoms with Gasteiger partial charge in [0, 0.05) is 6.54 Å². The van der Waals surface area contributed by atoms with Gasteiger partial charge in [0.15, 0.2) is 11.5 Å². The van der Waals surface area contributed by atoms with Crippen molar-refractivity contribution in [3.8, 4) is 0 Å². The first-order valence-corrected chi connectivity index (χ1v) is 7.94. The third kappa shape index (κ3) is 1.64. The van der Waals surface area contributed by atoms with Crippen LogP contribution >= 0.6 is 0 Å². The van der Waals surface area contributed by atoms with Gasteiger partial charge < -0.3 is 15.1 Å². The molecular weight excluding hydrogens is 278 g/mol. The van der Waals surface area contributed by atoms with E-state index in [9.17, 15) is 0 Å². The number of fused-ring (bicyclic) bond motifs is 3. The van der Waals surface area contributed by atoms with Crippen LogP contribution in [-0.2, 0) is 0 Å². The molecule has 1 aromatic heterocycles. The normalized spacial score (nSPS) is 33.8. The van der Waals surface area contributed by atoms with E-state index in [0.29, 0.717) is 17.9 Å². The lowest BCUT2D eigenvalue weighted by Gasteiger charge is -2.49. The fourth-order valence-electron chi connectivity index (χ4n) is 4.27. The number of rotatable bonds is 1. The number of aliphatic imine (C=N–C) groups is 1.